The Bertz CT molecular complexity index is 520. The van der Waals surface area contributed by atoms with Crippen LogP contribution in [0.2, 0.25) is 0 Å². The van der Waals surface area contributed by atoms with Gasteiger partial charge in [0.1, 0.15) is 18.2 Å². The van der Waals surface area contributed by atoms with Crippen molar-refractivity contribution in [1.29, 1.82) is 0 Å². The van der Waals surface area contributed by atoms with Gasteiger partial charge in [0, 0.05) is 12.4 Å². The van der Waals surface area contributed by atoms with Gasteiger partial charge in [0.15, 0.2) is 0 Å². The first-order valence-corrected chi connectivity index (χ1v) is 6.26. The number of benzene rings is 1. The van der Waals surface area contributed by atoms with Crippen molar-refractivity contribution in [2.75, 3.05) is 6.61 Å². The molecule has 0 radical (unpaired) electrons. The maximum absolute atomic E-state index is 5.90. The minimum absolute atomic E-state index is 0.669. The Morgan fingerprint density at radius 3 is 2.33 bits per heavy atom. The van der Waals surface area contributed by atoms with Crippen molar-refractivity contribution in [3.05, 3.63) is 47.0 Å². The van der Waals surface area contributed by atoms with E-state index >= 15 is 0 Å². The molecule has 3 nitrogen and oxygen atoms in total. The molecule has 0 bridgehead atoms. The van der Waals surface area contributed by atoms with Crippen molar-refractivity contribution >= 4 is 0 Å². The molecule has 3 heteroatoms. The molecule has 2 rings (SSSR count). The zero-order chi connectivity index (χ0) is 13.1. The van der Waals surface area contributed by atoms with E-state index in [1.54, 1.807) is 0 Å². The summed E-state index contributed by atoms with van der Waals surface area (Å²) in [7, 11) is 0. The molecule has 2 aromatic rings. The van der Waals surface area contributed by atoms with Crippen molar-refractivity contribution in [3.8, 4) is 5.75 Å². The van der Waals surface area contributed by atoms with E-state index in [9.17, 15) is 0 Å². The fourth-order valence-corrected chi connectivity index (χ4v) is 2.28. The molecule has 0 unspecified atom stereocenters. The van der Waals surface area contributed by atoms with E-state index in [1.165, 1.54) is 16.7 Å². The summed E-state index contributed by atoms with van der Waals surface area (Å²) in [5, 5.41) is 0. The highest BCUT2D eigenvalue weighted by Crippen LogP contribution is 2.24. The fraction of sp³-hybridized carbons (Fsp3) is 0.400. The van der Waals surface area contributed by atoms with Crippen molar-refractivity contribution in [1.82, 2.24) is 9.55 Å². The number of aromatic nitrogens is 2. The molecule has 1 heterocycles. The summed E-state index contributed by atoms with van der Waals surface area (Å²) in [6, 6.07) is 4.32. The first-order valence-electron chi connectivity index (χ1n) is 6.26. The summed E-state index contributed by atoms with van der Waals surface area (Å²) >= 11 is 0. The number of ether oxygens (including phenoxy) is 1. The average Bonchev–Trinajstić information content (AvgIpc) is 2.68. The number of rotatable bonds is 4. The lowest BCUT2D eigenvalue weighted by molar-refractivity contribution is 0.293. The number of aryl methyl sites for hydroxylation is 4. The van der Waals surface area contributed by atoms with E-state index in [2.05, 4.69) is 42.5 Å². The van der Waals surface area contributed by atoms with E-state index < -0.39 is 0 Å². The lowest BCUT2D eigenvalue weighted by Gasteiger charge is -2.13. The smallest absolute Gasteiger partial charge is 0.125 e. The van der Waals surface area contributed by atoms with Crippen LogP contribution in [0.15, 0.2) is 24.5 Å². The van der Waals surface area contributed by atoms with Gasteiger partial charge in [-0.2, -0.15) is 0 Å². The topological polar surface area (TPSA) is 27.1 Å². The largest absolute Gasteiger partial charge is 0.491 e. The molecule has 0 aliphatic rings. The second-order valence-corrected chi connectivity index (χ2v) is 4.74. The number of hydrogen-bond donors (Lipinski definition) is 0. The summed E-state index contributed by atoms with van der Waals surface area (Å²) < 4.78 is 8.00. The van der Waals surface area contributed by atoms with Crippen LogP contribution in [-0.2, 0) is 6.54 Å². The normalized spacial score (nSPS) is 10.7. The quantitative estimate of drug-likeness (QED) is 0.826. The molecule has 0 saturated heterocycles. The minimum Gasteiger partial charge on any atom is -0.491 e. The first-order chi connectivity index (χ1) is 8.58. The number of imidazole rings is 1. The minimum atomic E-state index is 0.669. The molecule has 0 spiro atoms. The van der Waals surface area contributed by atoms with Gasteiger partial charge in [-0.25, -0.2) is 4.98 Å². The Balaban J connectivity index is 2.01. The zero-order valence-electron chi connectivity index (χ0n) is 11.5. The molecule has 0 fully saturated rings. The summed E-state index contributed by atoms with van der Waals surface area (Å²) in [6.45, 7) is 9.80. The summed E-state index contributed by atoms with van der Waals surface area (Å²) in [4.78, 5) is 4.20. The summed E-state index contributed by atoms with van der Waals surface area (Å²) in [6.07, 6.45) is 3.80. The molecule has 0 amide bonds. The zero-order valence-corrected chi connectivity index (χ0v) is 11.5. The van der Waals surface area contributed by atoms with Crippen LogP contribution in [0.3, 0.4) is 0 Å². The van der Waals surface area contributed by atoms with Crippen LogP contribution in [0.25, 0.3) is 0 Å². The van der Waals surface area contributed by atoms with Gasteiger partial charge in [0.25, 0.3) is 0 Å². The standard InChI is InChI=1S/C15H20N2O/c1-11-9-12(2)15(13(3)10-11)18-8-7-17-6-5-16-14(17)4/h5-6,9-10H,7-8H2,1-4H3. The molecule has 0 N–H and O–H groups in total. The van der Waals surface area contributed by atoms with Crippen LogP contribution < -0.4 is 4.74 Å². The summed E-state index contributed by atoms with van der Waals surface area (Å²) in [5.41, 5.74) is 3.69. The maximum atomic E-state index is 5.90. The Labute approximate surface area is 108 Å². The van der Waals surface area contributed by atoms with Crippen LogP contribution in [-0.4, -0.2) is 16.2 Å². The van der Waals surface area contributed by atoms with E-state index in [0.717, 1.165) is 18.1 Å². The third-order valence-electron chi connectivity index (χ3n) is 3.11. The SMILES string of the molecule is Cc1cc(C)c(OCCn2ccnc2C)c(C)c1. The van der Waals surface area contributed by atoms with Crippen molar-refractivity contribution in [3.63, 3.8) is 0 Å². The van der Waals surface area contributed by atoms with Crippen LogP contribution in [0.5, 0.6) is 5.75 Å². The molecular weight excluding hydrogens is 224 g/mol. The van der Waals surface area contributed by atoms with Crippen molar-refractivity contribution in [2.24, 2.45) is 0 Å². The molecule has 1 aromatic heterocycles. The Hall–Kier alpha value is -1.77. The second kappa shape index (κ2) is 5.25. The molecule has 18 heavy (non-hydrogen) atoms. The second-order valence-electron chi connectivity index (χ2n) is 4.74. The highest BCUT2D eigenvalue weighted by atomic mass is 16.5. The monoisotopic (exact) mass is 244 g/mol. The predicted molar refractivity (Wildman–Crippen MR) is 73.1 cm³/mol. The molecule has 0 saturated carbocycles. The average molecular weight is 244 g/mol. The van der Waals surface area contributed by atoms with Crippen molar-refractivity contribution < 1.29 is 4.74 Å². The fourth-order valence-electron chi connectivity index (χ4n) is 2.28. The van der Waals surface area contributed by atoms with Gasteiger partial charge in [-0.1, -0.05) is 17.7 Å². The van der Waals surface area contributed by atoms with E-state index in [1.807, 2.05) is 19.3 Å². The highest BCUT2D eigenvalue weighted by molar-refractivity contribution is 5.42. The van der Waals surface area contributed by atoms with Crippen LogP contribution in [0.1, 0.15) is 22.5 Å². The van der Waals surface area contributed by atoms with Gasteiger partial charge >= 0.3 is 0 Å². The van der Waals surface area contributed by atoms with Gasteiger partial charge < -0.3 is 9.30 Å². The third kappa shape index (κ3) is 2.73. The van der Waals surface area contributed by atoms with Crippen molar-refractivity contribution in [2.45, 2.75) is 34.2 Å². The molecule has 1 aromatic carbocycles. The Kier molecular flexibility index (Phi) is 3.70. The Morgan fingerprint density at radius 2 is 1.78 bits per heavy atom. The molecular formula is C15H20N2O. The molecule has 0 atom stereocenters. The van der Waals surface area contributed by atoms with E-state index in [0.29, 0.717) is 6.61 Å². The van der Waals surface area contributed by atoms with Crippen LogP contribution in [0, 0.1) is 27.7 Å². The molecule has 96 valence electrons. The maximum Gasteiger partial charge on any atom is 0.125 e. The lowest BCUT2D eigenvalue weighted by atomic mass is 10.1. The van der Waals surface area contributed by atoms with Gasteiger partial charge in [-0.05, 0) is 38.8 Å². The lowest BCUT2D eigenvalue weighted by Crippen LogP contribution is -2.10. The first kappa shape index (κ1) is 12.7. The molecule has 0 aliphatic carbocycles. The van der Waals surface area contributed by atoms with E-state index in [-0.39, 0.29) is 0 Å². The van der Waals surface area contributed by atoms with E-state index in [4.69, 9.17) is 4.74 Å². The van der Waals surface area contributed by atoms with Gasteiger partial charge in [0.2, 0.25) is 0 Å². The molecule has 0 aliphatic heterocycles. The third-order valence-corrected chi connectivity index (χ3v) is 3.11. The van der Waals surface area contributed by atoms with Gasteiger partial charge in [-0.15, -0.1) is 0 Å². The van der Waals surface area contributed by atoms with Gasteiger partial charge in [-0.3, -0.25) is 0 Å². The number of hydrogen-bond acceptors (Lipinski definition) is 2. The number of nitrogens with zero attached hydrogens (tertiary/aromatic N) is 2. The van der Waals surface area contributed by atoms with Crippen LogP contribution in [0.4, 0.5) is 0 Å². The van der Waals surface area contributed by atoms with Gasteiger partial charge in [0.05, 0.1) is 6.54 Å². The summed E-state index contributed by atoms with van der Waals surface area (Å²) in [5.74, 6) is 2.04. The van der Waals surface area contributed by atoms with Crippen LogP contribution >= 0.6 is 0 Å². The Morgan fingerprint density at radius 1 is 1.11 bits per heavy atom. The highest BCUT2D eigenvalue weighted by Gasteiger charge is 2.05. The predicted octanol–water partition coefficient (Wildman–Crippen LogP) is 3.20.